The SMILES string of the molecule is Brc1cc(Br)c2oc3ccc4c(Br)cc(Br)c5oc6ccc1c2c6-c3c45. The zero-order valence-corrected chi connectivity index (χ0v) is 19.1. The normalized spacial score (nSPS) is 12.6. The first-order chi connectivity index (χ1) is 12.5. The molecule has 2 heterocycles. The summed E-state index contributed by atoms with van der Waals surface area (Å²) >= 11 is 14.7. The van der Waals surface area contributed by atoms with E-state index in [1.54, 1.807) is 0 Å². The van der Waals surface area contributed by atoms with Crippen molar-refractivity contribution in [2.45, 2.75) is 0 Å². The van der Waals surface area contributed by atoms with E-state index in [1.165, 1.54) is 0 Å². The lowest BCUT2D eigenvalue weighted by Crippen LogP contribution is -1.96. The van der Waals surface area contributed by atoms with E-state index < -0.39 is 0 Å². The molecule has 0 saturated carbocycles. The molecule has 0 fully saturated rings. The molecule has 2 aliphatic rings. The molecule has 0 atom stereocenters. The van der Waals surface area contributed by atoms with Gasteiger partial charge >= 0.3 is 0 Å². The number of hydrogen-bond donors (Lipinski definition) is 0. The number of hydrogen-bond acceptors (Lipinski definition) is 2. The van der Waals surface area contributed by atoms with Crippen LogP contribution >= 0.6 is 63.7 Å². The van der Waals surface area contributed by atoms with E-state index in [1.807, 2.05) is 24.3 Å². The van der Waals surface area contributed by atoms with Gasteiger partial charge in [-0.05, 0) is 68.3 Å². The Balaban J connectivity index is 2.06. The summed E-state index contributed by atoms with van der Waals surface area (Å²) in [6.45, 7) is 0. The highest BCUT2D eigenvalue weighted by Crippen LogP contribution is 2.52. The number of benzene rings is 4. The van der Waals surface area contributed by atoms with Gasteiger partial charge in [0, 0.05) is 41.6 Å². The monoisotopic (exact) mass is 594 g/mol. The van der Waals surface area contributed by atoms with E-state index in [-0.39, 0.29) is 0 Å². The van der Waals surface area contributed by atoms with Crippen LogP contribution in [0.3, 0.4) is 0 Å². The van der Waals surface area contributed by atoms with Gasteiger partial charge in [-0.2, -0.15) is 0 Å². The van der Waals surface area contributed by atoms with Gasteiger partial charge in [-0.15, -0.1) is 0 Å². The Kier molecular flexibility index (Phi) is 3.22. The third-order valence-corrected chi connectivity index (χ3v) is 7.41. The molecule has 4 aromatic rings. The molecule has 0 aromatic heterocycles. The van der Waals surface area contributed by atoms with Crippen LogP contribution in [0.1, 0.15) is 0 Å². The van der Waals surface area contributed by atoms with Gasteiger partial charge in [0.15, 0.2) is 0 Å². The predicted molar refractivity (Wildman–Crippen MR) is 120 cm³/mol. The van der Waals surface area contributed by atoms with Crippen LogP contribution in [0.25, 0.3) is 55.0 Å². The van der Waals surface area contributed by atoms with Gasteiger partial charge in [-0.1, -0.05) is 31.9 Å². The van der Waals surface area contributed by atoms with Gasteiger partial charge in [0.1, 0.15) is 22.3 Å². The molecular weight excluding hydrogens is 592 g/mol. The lowest BCUT2D eigenvalue weighted by atomic mass is 9.90. The summed E-state index contributed by atoms with van der Waals surface area (Å²) in [5.74, 6) is 0. The Bertz CT molecular complexity index is 1360. The van der Waals surface area contributed by atoms with Crippen LogP contribution < -0.4 is 0 Å². The maximum absolute atomic E-state index is 6.35. The Labute approximate surface area is 180 Å². The predicted octanol–water partition coefficient (Wildman–Crippen LogP) is 9.08. The molecule has 0 unspecified atom stereocenters. The van der Waals surface area contributed by atoms with Gasteiger partial charge in [0.25, 0.3) is 0 Å². The van der Waals surface area contributed by atoms with Gasteiger partial charge < -0.3 is 8.83 Å². The van der Waals surface area contributed by atoms with Crippen LogP contribution in [0, 0.1) is 0 Å². The topological polar surface area (TPSA) is 26.3 Å². The first-order valence-electron chi connectivity index (χ1n) is 7.80. The Hall–Kier alpha value is -1.08. The average molecular weight is 598 g/mol. The van der Waals surface area contributed by atoms with E-state index in [9.17, 15) is 0 Å². The maximum Gasteiger partial charge on any atom is 0.150 e. The zero-order valence-electron chi connectivity index (χ0n) is 12.8. The summed E-state index contributed by atoms with van der Waals surface area (Å²) < 4.78 is 16.6. The van der Waals surface area contributed by atoms with Crippen molar-refractivity contribution in [2.24, 2.45) is 0 Å². The third kappa shape index (κ3) is 1.86. The first-order valence-corrected chi connectivity index (χ1v) is 11.0. The van der Waals surface area contributed by atoms with Crippen molar-refractivity contribution in [3.05, 3.63) is 54.3 Å². The van der Waals surface area contributed by atoms with E-state index >= 15 is 0 Å². The van der Waals surface area contributed by atoms with Crippen molar-refractivity contribution in [1.82, 2.24) is 0 Å². The van der Waals surface area contributed by atoms with Gasteiger partial charge in [0.2, 0.25) is 0 Å². The molecule has 0 bridgehead atoms. The van der Waals surface area contributed by atoms with Crippen LogP contribution in [0.15, 0.2) is 63.1 Å². The molecule has 0 spiro atoms. The van der Waals surface area contributed by atoms with Crippen molar-refractivity contribution in [2.75, 3.05) is 0 Å². The van der Waals surface area contributed by atoms with Crippen LogP contribution in [-0.4, -0.2) is 0 Å². The van der Waals surface area contributed by atoms with E-state index in [0.29, 0.717) is 0 Å². The standard InChI is InChI=1S/C20H6Br4O2/c21-9-5-11(23)19-15-7(9)1-3-13-17(15)18-14(26-19)4-2-8-10(22)6-12(24)20(25-13)16(8)18/h1-6H. The Morgan fingerprint density at radius 1 is 0.538 bits per heavy atom. The first kappa shape index (κ1) is 15.9. The Morgan fingerprint density at radius 2 is 0.962 bits per heavy atom. The van der Waals surface area contributed by atoms with Crippen LogP contribution in [-0.2, 0) is 0 Å². The lowest BCUT2D eigenvalue weighted by Gasteiger charge is -2.21. The third-order valence-electron chi connectivity index (χ3n) is 4.92. The highest BCUT2D eigenvalue weighted by atomic mass is 79.9. The summed E-state index contributed by atoms with van der Waals surface area (Å²) in [6.07, 6.45) is 0. The highest BCUT2D eigenvalue weighted by molar-refractivity contribution is 9.11. The number of halogens is 4. The van der Waals surface area contributed by atoms with E-state index in [4.69, 9.17) is 8.83 Å². The summed E-state index contributed by atoms with van der Waals surface area (Å²) in [4.78, 5) is 0. The summed E-state index contributed by atoms with van der Waals surface area (Å²) in [5, 5.41) is 4.33. The van der Waals surface area contributed by atoms with Crippen molar-refractivity contribution in [1.29, 1.82) is 0 Å². The fraction of sp³-hybridized carbons (Fsp3) is 0. The Morgan fingerprint density at radius 3 is 1.38 bits per heavy atom. The van der Waals surface area contributed by atoms with Gasteiger partial charge in [-0.3, -0.25) is 0 Å². The quantitative estimate of drug-likeness (QED) is 0.129. The molecule has 2 aliphatic heterocycles. The molecule has 6 heteroatoms. The van der Waals surface area contributed by atoms with Crippen molar-refractivity contribution in [3.63, 3.8) is 0 Å². The highest BCUT2D eigenvalue weighted by Gasteiger charge is 2.27. The molecule has 0 aliphatic carbocycles. The minimum absolute atomic E-state index is 0.827. The minimum atomic E-state index is 0.827. The second-order valence-corrected chi connectivity index (χ2v) is 9.68. The molecule has 6 rings (SSSR count). The van der Waals surface area contributed by atoms with Gasteiger partial charge in [0.05, 0.1) is 8.95 Å². The molecule has 0 saturated heterocycles. The second kappa shape index (κ2) is 5.25. The van der Waals surface area contributed by atoms with E-state index in [2.05, 4.69) is 75.9 Å². The number of rotatable bonds is 0. The van der Waals surface area contributed by atoms with Crippen molar-refractivity contribution < 1.29 is 8.83 Å². The molecule has 126 valence electrons. The fourth-order valence-electron chi connectivity index (χ4n) is 3.87. The lowest BCUT2D eigenvalue weighted by molar-refractivity contribution is 0.644. The van der Waals surface area contributed by atoms with Crippen LogP contribution in [0.5, 0.6) is 0 Å². The smallest absolute Gasteiger partial charge is 0.150 e. The van der Waals surface area contributed by atoms with Crippen molar-refractivity contribution >= 4 is 108 Å². The molecular formula is C20H6Br4O2. The van der Waals surface area contributed by atoms with Crippen LogP contribution in [0.4, 0.5) is 0 Å². The average Bonchev–Trinajstić information content (AvgIpc) is 2.62. The van der Waals surface area contributed by atoms with E-state index in [0.717, 1.165) is 72.9 Å². The summed E-state index contributed by atoms with van der Waals surface area (Å²) in [7, 11) is 0. The molecule has 26 heavy (non-hydrogen) atoms. The van der Waals surface area contributed by atoms with Crippen molar-refractivity contribution in [3.8, 4) is 11.1 Å². The molecule has 2 nitrogen and oxygen atoms in total. The largest absolute Gasteiger partial charge is 0.455 e. The minimum Gasteiger partial charge on any atom is -0.455 e. The molecule has 0 N–H and O–H groups in total. The fourth-order valence-corrected chi connectivity index (χ4v) is 6.62. The summed E-state index contributed by atoms with van der Waals surface area (Å²) in [6, 6.07) is 12.3. The summed E-state index contributed by atoms with van der Waals surface area (Å²) in [5.41, 5.74) is 5.52. The molecule has 4 aromatic carbocycles. The zero-order chi connectivity index (χ0) is 17.7. The van der Waals surface area contributed by atoms with Gasteiger partial charge in [-0.25, -0.2) is 0 Å². The molecule has 0 amide bonds. The maximum atomic E-state index is 6.35. The molecule has 0 radical (unpaired) electrons. The van der Waals surface area contributed by atoms with Crippen LogP contribution in [0.2, 0.25) is 0 Å². The second-order valence-electron chi connectivity index (χ2n) is 6.27.